The van der Waals surface area contributed by atoms with Gasteiger partial charge in [0.05, 0.1) is 0 Å². The maximum atomic E-state index is 6.07. The normalized spacial score (nSPS) is 12.2. The molecule has 21 heavy (non-hydrogen) atoms. The standard InChI is InChI=1S/C16H29ClN4/c1-12(2)21(6)10-8-7-9-18-14-11-13(17)19-15(20-14)16(3,4)5/h11-12H,7-10H2,1-6H3,(H,18,19,20). The largest absolute Gasteiger partial charge is 0.370 e. The highest BCUT2D eigenvalue weighted by molar-refractivity contribution is 6.29. The van der Waals surface area contributed by atoms with E-state index in [0.717, 1.165) is 31.2 Å². The molecule has 1 aromatic heterocycles. The first kappa shape index (κ1) is 18.2. The molecule has 0 fully saturated rings. The van der Waals surface area contributed by atoms with Gasteiger partial charge in [-0.15, -0.1) is 0 Å². The van der Waals surface area contributed by atoms with Gasteiger partial charge in [0.15, 0.2) is 0 Å². The molecule has 0 unspecified atom stereocenters. The molecule has 4 nitrogen and oxygen atoms in total. The minimum atomic E-state index is -0.0959. The Morgan fingerprint density at radius 1 is 1.24 bits per heavy atom. The average Bonchev–Trinajstić information content (AvgIpc) is 2.36. The lowest BCUT2D eigenvalue weighted by atomic mass is 9.96. The van der Waals surface area contributed by atoms with Crippen LogP contribution in [0.25, 0.3) is 0 Å². The van der Waals surface area contributed by atoms with Crippen molar-refractivity contribution in [1.29, 1.82) is 0 Å². The Bertz CT molecular complexity index is 440. The second kappa shape index (κ2) is 7.95. The third-order valence-electron chi connectivity index (χ3n) is 3.49. The Labute approximate surface area is 134 Å². The summed E-state index contributed by atoms with van der Waals surface area (Å²) in [6, 6.07) is 2.39. The number of aromatic nitrogens is 2. The lowest BCUT2D eigenvalue weighted by molar-refractivity contribution is 0.269. The number of hydrogen-bond donors (Lipinski definition) is 1. The monoisotopic (exact) mass is 312 g/mol. The van der Waals surface area contributed by atoms with Crippen molar-refractivity contribution >= 4 is 17.4 Å². The van der Waals surface area contributed by atoms with Crippen LogP contribution >= 0.6 is 11.6 Å². The summed E-state index contributed by atoms with van der Waals surface area (Å²) in [5, 5.41) is 3.84. The van der Waals surface area contributed by atoms with Crippen molar-refractivity contribution < 1.29 is 0 Å². The molecule has 0 saturated heterocycles. The van der Waals surface area contributed by atoms with Crippen molar-refractivity contribution in [3.63, 3.8) is 0 Å². The van der Waals surface area contributed by atoms with Gasteiger partial charge in [0.25, 0.3) is 0 Å². The summed E-state index contributed by atoms with van der Waals surface area (Å²) >= 11 is 6.07. The maximum Gasteiger partial charge on any atom is 0.137 e. The summed E-state index contributed by atoms with van der Waals surface area (Å²) in [5.41, 5.74) is -0.0959. The summed E-state index contributed by atoms with van der Waals surface area (Å²) in [6.07, 6.45) is 2.29. The fraction of sp³-hybridized carbons (Fsp3) is 0.750. The highest BCUT2D eigenvalue weighted by atomic mass is 35.5. The molecule has 0 aliphatic heterocycles. The Morgan fingerprint density at radius 3 is 2.48 bits per heavy atom. The molecule has 120 valence electrons. The Balaban J connectivity index is 2.44. The highest BCUT2D eigenvalue weighted by Gasteiger charge is 2.18. The van der Waals surface area contributed by atoms with E-state index in [4.69, 9.17) is 11.6 Å². The quantitative estimate of drug-likeness (QED) is 0.611. The van der Waals surface area contributed by atoms with Crippen LogP contribution in [0.1, 0.15) is 53.3 Å². The summed E-state index contributed by atoms with van der Waals surface area (Å²) in [7, 11) is 2.16. The van der Waals surface area contributed by atoms with Crippen molar-refractivity contribution in [2.45, 2.75) is 58.9 Å². The molecule has 0 spiro atoms. The van der Waals surface area contributed by atoms with E-state index in [0.29, 0.717) is 11.2 Å². The van der Waals surface area contributed by atoms with Gasteiger partial charge in [-0.1, -0.05) is 32.4 Å². The number of nitrogens with one attached hydrogen (secondary N) is 1. The Morgan fingerprint density at radius 2 is 1.90 bits per heavy atom. The molecule has 0 radical (unpaired) electrons. The van der Waals surface area contributed by atoms with Gasteiger partial charge < -0.3 is 10.2 Å². The number of hydrogen-bond acceptors (Lipinski definition) is 4. The van der Waals surface area contributed by atoms with Crippen molar-refractivity contribution in [2.75, 3.05) is 25.5 Å². The number of halogens is 1. The van der Waals surface area contributed by atoms with Crippen LogP contribution < -0.4 is 5.32 Å². The van der Waals surface area contributed by atoms with E-state index >= 15 is 0 Å². The zero-order valence-electron chi connectivity index (χ0n) is 14.2. The van der Waals surface area contributed by atoms with E-state index in [9.17, 15) is 0 Å². The lowest BCUT2D eigenvalue weighted by Crippen LogP contribution is -2.27. The van der Waals surface area contributed by atoms with Gasteiger partial charge in [-0.05, 0) is 40.3 Å². The van der Waals surface area contributed by atoms with Crippen LogP contribution in [0.15, 0.2) is 6.07 Å². The molecule has 0 atom stereocenters. The Kier molecular flexibility index (Phi) is 6.88. The van der Waals surface area contributed by atoms with E-state index < -0.39 is 0 Å². The van der Waals surface area contributed by atoms with Gasteiger partial charge in [0, 0.05) is 24.1 Å². The molecule has 0 bridgehead atoms. The van der Waals surface area contributed by atoms with Crippen molar-refractivity contribution in [2.24, 2.45) is 0 Å². The first-order chi connectivity index (χ1) is 9.70. The van der Waals surface area contributed by atoms with Gasteiger partial charge in [0.1, 0.15) is 16.8 Å². The van der Waals surface area contributed by atoms with E-state index in [1.807, 2.05) is 0 Å². The molecule has 0 saturated carbocycles. The number of unbranched alkanes of at least 4 members (excludes halogenated alkanes) is 1. The SMILES string of the molecule is CC(C)N(C)CCCCNc1cc(Cl)nc(C(C)(C)C)n1. The van der Waals surface area contributed by atoms with Crippen LogP contribution in [-0.4, -0.2) is 41.0 Å². The Hall–Kier alpha value is -0.870. The minimum Gasteiger partial charge on any atom is -0.370 e. The summed E-state index contributed by atoms with van der Waals surface area (Å²) in [4.78, 5) is 11.2. The van der Waals surface area contributed by atoms with Gasteiger partial charge in [-0.3, -0.25) is 0 Å². The second-order valence-electron chi connectivity index (χ2n) is 6.86. The van der Waals surface area contributed by atoms with E-state index in [1.165, 1.54) is 6.42 Å². The molecular formula is C16H29ClN4. The first-order valence-corrected chi connectivity index (χ1v) is 8.07. The van der Waals surface area contributed by atoms with Crippen LogP contribution in [-0.2, 0) is 5.41 Å². The third-order valence-corrected chi connectivity index (χ3v) is 3.68. The zero-order chi connectivity index (χ0) is 16.0. The molecule has 0 aliphatic carbocycles. The van der Waals surface area contributed by atoms with E-state index in [-0.39, 0.29) is 5.41 Å². The highest BCUT2D eigenvalue weighted by Crippen LogP contribution is 2.22. The van der Waals surface area contributed by atoms with Crippen LogP contribution in [0.4, 0.5) is 5.82 Å². The van der Waals surface area contributed by atoms with Crippen LogP contribution in [0.3, 0.4) is 0 Å². The second-order valence-corrected chi connectivity index (χ2v) is 7.25. The zero-order valence-corrected chi connectivity index (χ0v) is 15.0. The molecule has 1 N–H and O–H groups in total. The van der Waals surface area contributed by atoms with Crippen LogP contribution in [0.5, 0.6) is 0 Å². The summed E-state index contributed by atoms with van der Waals surface area (Å²) in [6.45, 7) is 12.7. The minimum absolute atomic E-state index is 0.0959. The number of nitrogens with zero attached hydrogens (tertiary/aromatic N) is 3. The fourth-order valence-corrected chi connectivity index (χ4v) is 1.99. The topological polar surface area (TPSA) is 41.0 Å². The van der Waals surface area contributed by atoms with Crippen molar-refractivity contribution in [3.8, 4) is 0 Å². The molecule has 5 heteroatoms. The average molecular weight is 313 g/mol. The van der Waals surface area contributed by atoms with Crippen LogP contribution in [0.2, 0.25) is 5.15 Å². The van der Waals surface area contributed by atoms with Gasteiger partial charge in [-0.2, -0.15) is 0 Å². The van der Waals surface area contributed by atoms with Crippen molar-refractivity contribution in [1.82, 2.24) is 14.9 Å². The molecule has 0 amide bonds. The predicted molar refractivity (Wildman–Crippen MR) is 91.2 cm³/mol. The lowest BCUT2D eigenvalue weighted by Gasteiger charge is -2.20. The third kappa shape index (κ3) is 6.62. The summed E-state index contributed by atoms with van der Waals surface area (Å²) in [5.74, 6) is 1.59. The maximum absolute atomic E-state index is 6.07. The predicted octanol–water partition coefficient (Wildman–Crippen LogP) is 3.96. The fourth-order valence-electron chi connectivity index (χ4n) is 1.80. The van der Waals surface area contributed by atoms with Crippen molar-refractivity contribution in [3.05, 3.63) is 17.0 Å². The molecule has 1 heterocycles. The first-order valence-electron chi connectivity index (χ1n) is 7.69. The number of rotatable bonds is 7. The number of anilines is 1. The van der Waals surface area contributed by atoms with E-state index in [2.05, 4.69) is 61.9 Å². The molecular weight excluding hydrogens is 284 g/mol. The van der Waals surface area contributed by atoms with E-state index in [1.54, 1.807) is 6.07 Å². The molecule has 0 aliphatic rings. The van der Waals surface area contributed by atoms with Gasteiger partial charge in [0.2, 0.25) is 0 Å². The van der Waals surface area contributed by atoms with Crippen LogP contribution in [0, 0.1) is 0 Å². The molecule has 1 rings (SSSR count). The van der Waals surface area contributed by atoms with Gasteiger partial charge >= 0.3 is 0 Å². The molecule has 0 aromatic carbocycles. The molecule has 1 aromatic rings. The van der Waals surface area contributed by atoms with Gasteiger partial charge in [-0.25, -0.2) is 9.97 Å². The smallest absolute Gasteiger partial charge is 0.137 e. The summed E-state index contributed by atoms with van der Waals surface area (Å²) < 4.78 is 0.